The molecule has 9 N–H and O–H groups in total. The fraction of sp³-hybridized carbons (Fsp3) is 1.00. The van der Waals surface area contributed by atoms with Gasteiger partial charge in [0.05, 0.1) is 5.75 Å². The van der Waals surface area contributed by atoms with Gasteiger partial charge in [0.15, 0.2) is 0 Å². The zero-order chi connectivity index (χ0) is 15.4. The molecule has 0 aromatic heterocycles. The molecule has 1 aliphatic carbocycles. The summed E-state index contributed by atoms with van der Waals surface area (Å²) in [5.41, 5.74) is 4.78. The molecule has 0 spiro atoms. The van der Waals surface area contributed by atoms with Gasteiger partial charge >= 0.3 is 0 Å². The van der Waals surface area contributed by atoms with Gasteiger partial charge in [-0.3, -0.25) is 4.55 Å². The first-order chi connectivity index (χ1) is 8.52. The number of aliphatic hydroxyl groups is 6. The smallest absolute Gasteiger partial charge is 0.266 e. The van der Waals surface area contributed by atoms with E-state index >= 15 is 0 Å². The SMILES string of the molecule is NCCS(=O)(=O)O.O[C@H]1[C@H](O)[C@@H](O)[C@H](O)[C@@H](O)[C@H]1O. The predicted octanol–water partition coefficient (Wildman–Crippen LogP) is -5.00. The Balaban J connectivity index is 0.000000399. The van der Waals surface area contributed by atoms with Crippen LogP contribution in [0.4, 0.5) is 0 Å². The molecule has 1 saturated carbocycles. The van der Waals surface area contributed by atoms with Crippen LogP contribution in [0.25, 0.3) is 0 Å². The Kier molecular flexibility index (Phi) is 7.28. The lowest BCUT2D eigenvalue weighted by Gasteiger charge is -2.39. The molecule has 0 heterocycles. The van der Waals surface area contributed by atoms with Gasteiger partial charge in [0, 0.05) is 6.54 Å². The molecule has 1 fully saturated rings. The highest BCUT2D eigenvalue weighted by Gasteiger charge is 2.47. The van der Waals surface area contributed by atoms with Gasteiger partial charge in [-0.05, 0) is 0 Å². The molecule has 10 nitrogen and oxygen atoms in total. The van der Waals surface area contributed by atoms with Gasteiger partial charge in [0.2, 0.25) is 0 Å². The van der Waals surface area contributed by atoms with E-state index in [1.807, 2.05) is 0 Å². The van der Waals surface area contributed by atoms with Gasteiger partial charge in [0.25, 0.3) is 10.1 Å². The van der Waals surface area contributed by atoms with Crippen LogP contribution in [0.3, 0.4) is 0 Å². The van der Waals surface area contributed by atoms with Crippen LogP contribution in [0.2, 0.25) is 0 Å². The van der Waals surface area contributed by atoms with Gasteiger partial charge in [0.1, 0.15) is 36.6 Å². The molecule has 0 saturated heterocycles. The molecule has 116 valence electrons. The molecule has 1 aliphatic rings. The minimum atomic E-state index is -3.80. The van der Waals surface area contributed by atoms with E-state index in [9.17, 15) is 8.42 Å². The van der Waals surface area contributed by atoms with E-state index in [0.717, 1.165) is 0 Å². The summed E-state index contributed by atoms with van der Waals surface area (Å²) >= 11 is 0. The zero-order valence-electron chi connectivity index (χ0n) is 9.81. The number of rotatable bonds is 2. The molecule has 0 aromatic rings. The van der Waals surface area contributed by atoms with Crippen LogP contribution in [0.5, 0.6) is 0 Å². The summed E-state index contributed by atoms with van der Waals surface area (Å²) in [6.07, 6.45) is -9.84. The van der Waals surface area contributed by atoms with Crippen molar-refractivity contribution in [1.29, 1.82) is 0 Å². The summed E-state index contributed by atoms with van der Waals surface area (Å²) in [6, 6.07) is 0. The van der Waals surface area contributed by atoms with Crippen molar-refractivity contribution in [2.75, 3.05) is 12.3 Å². The van der Waals surface area contributed by atoms with Gasteiger partial charge in [-0.15, -0.1) is 0 Å². The molecular formula is C8H19NO9S. The first-order valence-electron chi connectivity index (χ1n) is 5.26. The van der Waals surface area contributed by atoms with E-state index in [4.69, 9.17) is 40.9 Å². The number of hydrogen-bond donors (Lipinski definition) is 8. The Morgan fingerprint density at radius 1 is 0.737 bits per heavy atom. The van der Waals surface area contributed by atoms with E-state index in [1.54, 1.807) is 0 Å². The maximum Gasteiger partial charge on any atom is 0.266 e. The van der Waals surface area contributed by atoms with Gasteiger partial charge in [-0.2, -0.15) is 8.42 Å². The minimum Gasteiger partial charge on any atom is -0.387 e. The van der Waals surface area contributed by atoms with Crippen molar-refractivity contribution in [3.63, 3.8) is 0 Å². The Bertz CT molecular complexity index is 303. The topological polar surface area (TPSA) is 202 Å². The first-order valence-corrected chi connectivity index (χ1v) is 6.87. The average molecular weight is 305 g/mol. The summed E-state index contributed by atoms with van der Waals surface area (Å²) in [7, 11) is -3.80. The predicted molar refractivity (Wildman–Crippen MR) is 61.5 cm³/mol. The molecule has 0 amide bonds. The van der Waals surface area contributed by atoms with Crippen molar-refractivity contribution >= 4 is 10.1 Å². The second-order valence-corrected chi connectivity index (χ2v) is 5.59. The van der Waals surface area contributed by atoms with Crippen LogP contribution in [-0.2, 0) is 10.1 Å². The minimum absolute atomic E-state index is 0.0289. The van der Waals surface area contributed by atoms with E-state index in [0.29, 0.717) is 0 Å². The van der Waals surface area contributed by atoms with Crippen molar-refractivity contribution in [3.05, 3.63) is 0 Å². The lowest BCUT2D eigenvalue weighted by atomic mass is 9.85. The second kappa shape index (κ2) is 7.42. The molecule has 0 unspecified atom stereocenters. The van der Waals surface area contributed by atoms with Gasteiger partial charge in [-0.25, -0.2) is 0 Å². The zero-order valence-corrected chi connectivity index (χ0v) is 10.6. The first kappa shape index (κ1) is 18.6. The van der Waals surface area contributed by atoms with Crippen LogP contribution in [0.15, 0.2) is 0 Å². The summed E-state index contributed by atoms with van der Waals surface area (Å²) in [5.74, 6) is -0.354. The van der Waals surface area contributed by atoms with E-state index in [2.05, 4.69) is 0 Å². The Hall–Kier alpha value is -0.370. The standard InChI is InChI=1S/C6H12O6.C2H7NO3S/c7-1-2(8)4(10)6(12)5(11)3(1)9;3-1-2-7(4,5)6/h1-12H;1-3H2,(H,4,5,6)/t1-,2-,3-,4+,5-,6-;. The fourth-order valence-electron chi connectivity index (χ4n) is 1.36. The second-order valence-electron chi connectivity index (χ2n) is 4.02. The third kappa shape index (κ3) is 5.64. The van der Waals surface area contributed by atoms with Crippen molar-refractivity contribution in [2.45, 2.75) is 36.6 Å². The summed E-state index contributed by atoms with van der Waals surface area (Å²) in [6.45, 7) is -0.0289. The highest BCUT2D eigenvalue weighted by Crippen LogP contribution is 2.20. The molecule has 1 rings (SSSR count). The highest BCUT2D eigenvalue weighted by molar-refractivity contribution is 7.85. The summed E-state index contributed by atoms with van der Waals surface area (Å²) < 4.78 is 27.3. The normalized spacial score (nSPS) is 39.4. The average Bonchev–Trinajstić information content (AvgIpc) is 2.31. The molecule has 0 aromatic carbocycles. The van der Waals surface area contributed by atoms with Crippen molar-refractivity contribution in [3.8, 4) is 0 Å². The van der Waals surface area contributed by atoms with Crippen LogP contribution in [-0.4, -0.2) is 92.5 Å². The molecule has 19 heavy (non-hydrogen) atoms. The van der Waals surface area contributed by atoms with Crippen molar-refractivity contribution in [1.82, 2.24) is 0 Å². The summed E-state index contributed by atoms with van der Waals surface area (Å²) in [4.78, 5) is 0. The van der Waals surface area contributed by atoms with Crippen molar-refractivity contribution in [2.24, 2.45) is 5.73 Å². The third-order valence-corrected chi connectivity index (χ3v) is 3.23. The van der Waals surface area contributed by atoms with Crippen molar-refractivity contribution < 1.29 is 43.6 Å². The Morgan fingerprint density at radius 2 is 0.947 bits per heavy atom. The Morgan fingerprint density at radius 3 is 1.00 bits per heavy atom. The van der Waals surface area contributed by atoms with E-state index in [1.165, 1.54) is 0 Å². The molecule has 0 atom stereocenters. The van der Waals surface area contributed by atoms with Crippen LogP contribution < -0.4 is 5.73 Å². The molecular weight excluding hydrogens is 286 g/mol. The lowest BCUT2D eigenvalue weighted by molar-refractivity contribution is -0.223. The fourth-order valence-corrected chi connectivity index (χ4v) is 1.66. The number of aliphatic hydroxyl groups excluding tert-OH is 6. The molecule has 11 heteroatoms. The maximum absolute atomic E-state index is 9.71. The molecule has 0 radical (unpaired) electrons. The van der Waals surface area contributed by atoms with Gasteiger partial charge < -0.3 is 36.4 Å². The molecule has 0 aliphatic heterocycles. The third-order valence-electron chi connectivity index (χ3n) is 2.48. The van der Waals surface area contributed by atoms with Crippen LogP contribution in [0.1, 0.15) is 0 Å². The van der Waals surface area contributed by atoms with E-state index < -0.39 is 46.7 Å². The Labute approximate surface area is 109 Å². The van der Waals surface area contributed by atoms with Crippen LogP contribution >= 0.6 is 0 Å². The monoisotopic (exact) mass is 305 g/mol. The lowest BCUT2D eigenvalue weighted by Crippen LogP contribution is -2.63. The van der Waals surface area contributed by atoms with Gasteiger partial charge in [-0.1, -0.05) is 0 Å². The van der Waals surface area contributed by atoms with E-state index in [-0.39, 0.29) is 12.3 Å². The quantitative estimate of drug-likeness (QED) is 0.228. The maximum atomic E-state index is 9.71. The number of nitrogens with two attached hydrogens (primary N) is 1. The highest BCUT2D eigenvalue weighted by atomic mass is 32.2. The summed E-state index contributed by atoms with van der Waals surface area (Å²) in [5, 5.41) is 53.8. The largest absolute Gasteiger partial charge is 0.387 e. The molecule has 0 bridgehead atoms. The number of hydrogen-bond acceptors (Lipinski definition) is 9. The van der Waals surface area contributed by atoms with Crippen LogP contribution in [0, 0.1) is 0 Å².